The van der Waals surface area contributed by atoms with Crippen LogP contribution in [0.3, 0.4) is 0 Å². The van der Waals surface area contributed by atoms with Gasteiger partial charge in [-0.15, -0.1) is 0 Å². The molecule has 0 saturated heterocycles. The third-order valence-corrected chi connectivity index (χ3v) is 3.14. The van der Waals surface area contributed by atoms with Crippen molar-refractivity contribution in [2.75, 3.05) is 5.32 Å². The zero-order valence-electron chi connectivity index (χ0n) is 10.5. The van der Waals surface area contributed by atoms with E-state index in [9.17, 15) is 4.79 Å². The van der Waals surface area contributed by atoms with Crippen molar-refractivity contribution < 1.29 is 9.53 Å². The molecule has 19 heavy (non-hydrogen) atoms. The first-order valence-electron chi connectivity index (χ1n) is 6.33. The van der Waals surface area contributed by atoms with E-state index in [-0.39, 0.29) is 5.91 Å². The summed E-state index contributed by atoms with van der Waals surface area (Å²) in [5.41, 5.74) is 2.89. The molecule has 0 bridgehead atoms. The first kappa shape index (κ1) is 11.8. The molecule has 1 aliphatic heterocycles. The number of aryl methyl sites for hydroxylation is 1. The molecule has 3 heteroatoms. The molecule has 1 amide bonds. The zero-order chi connectivity index (χ0) is 13.1. The first-order valence-corrected chi connectivity index (χ1v) is 6.33. The Labute approximate surface area is 112 Å². The van der Waals surface area contributed by atoms with Gasteiger partial charge in [-0.1, -0.05) is 36.4 Å². The number of carbonyl (C=O) groups excluding carboxylic acids is 1. The number of rotatable bonds is 3. The number of hydrogen-bond acceptors (Lipinski definition) is 2. The van der Waals surface area contributed by atoms with Crippen molar-refractivity contribution in [3.63, 3.8) is 0 Å². The highest BCUT2D eigenvalue weighted by Crippen LogP contribution is 2.32. The number of amides is 1. The Morgan fingerprint density at radius 1 is 1.16 bits per heavy atom. The molecule has 3 rings (SSSR count). The van der Waals surface area contributed by atoms with E-state index in [0.717, 1.165) is 23.2 Å². The van der Waals surface area contributed by atoms with Crippen LogP contribution in [-0.2, 0) is 17.8 Å². The summed E-state index contributed by atoms with van der Waals surface area (Å²) < 4.78 is 5.80. The zero-order valence-corrected chi connectivity index (χ0v) is 10.5. The minimum atomic E-state index is 0.0386. The van der Waals surface area contributed by atoms with E-state index in [4.69, 9.17) is 4.74 Å². The fourth-order valence-electron chi connectivity index (χ4n) is 2.15. The van der Waals surface area contributed by atoms with Gasteiger partial charge in [0.15, 0.2) is 0 Å². The van der Waals surface area contributed by atoms with Gasteiger partial charge >= 0.3 is 0 Å². The number of benzene rings is 2. The van der Waals surface area contributed by atoms with Crippen molar-refractivity contribution >= 4 is 11.6 Å². The molecule has 0 aliphatic carbocycles. The summed E-state index contributed by atoms with van der Waals surface area (Å²) in [6.45, 7) is 0.493. The summed E-state index contributed by atoms with van der Waals surface area (Å²) >= 11 is 0. The predicted octanol–water partition coefficient (Wildman–Crippen LogP) is 2.95. The molecule has 3 nitrogen and oxygen atoms in total. The normalized spacial score (nSPS) is 13.6. The van der Waals surface area contributed by atoms with Crippen LogP contribution < -0.4 is 10.1 Å². The van der Waals surface area contributed by atoms with Crippen LogP contribution in [-0.4, -0.2) is 5.91 Å². The van der Waals surface area contributed by atoms with Crippen molar-refractivity contribution in [2.24, 2.45) is 0 Å². The topological polar surface area (TPSA) is 38.3 Å². The van der Waals surface area contributed by atoms with E-state index in [0.29, 0.717) is 18.8 Å². The van der Waals surface area contributed by atoms with Crippen LogP contribution in [0.2, 0.25) is 0 Å². The van der Waals surface area contributed by atoms with Crippen molar-refractivity contribution in [3.05, 3.63) is 59.7 Å². The number of hydrogen-bond donors (Lipinski definition) is 1. The Morgan fingerprint density at radius 2 is 2.00 bits per heavy atom. The minimum Gasteiger partial charge on any atom is -0.487 e. The second kappa shape index (κ2) is 5.14. The highest BCUT2D eigenvalue weighted by molar-refractivity contribution is 5.95. The number of fused-ring (bicyclic) bond motifs is 1. The Balaban J connectivity index is 1.80. The third-order valence-electron chi connectivity index (χ3n) is 3.14. The van der Waals surface area contributed by atoms with Crippen LogP contribution in [0.1, 0.15) is 17.5 Å². The quantitative estimate of drug-likeness (QED) is 0.912. The van der Waals surface area contributed by atoms with E-state index in [2.05, 4.69) is 11.4 Å². The largest absolute Gasteiger partial charge is 0.487 e. The molecule has 0 aromatic heterocycles. The lowest BCUT2D eigenvalue weighted by Crippen LogP contribution is -2.19. The highest BCUT2D eigenvalue weighted by atomic mass is 16.5. The van der Waals surface area contributed by atoms with Crippen molar-refractivity contribution in [3.8, 4) is 5.75 Å². The number of nitrogens with one attached hydrogen (secondary N) is 1. The summed E-state index contributed by atoms with van der Waals surface area (Å²) in [4.78, 5) is 11.5. The van der Waals surface area contributed by atoms with E-state index >= 15 is 0 Å². The van der Waals surface area contributed by atoms with Crippen molar-refractivity contribution in [1.82, 2.24) is 0 Å². The highest BCUT2D eigenvalue weighted by Gasteiger charge is 2.18. The monoisotopic (exact) mass is 252 g/mol. The fraction of sp³-hybridized carbons (Fsp3) is 0.188. The Bertz CT molecular complexity index is 593. The van der Waals surface area contributed by atoms with Crippen LogP contribution in [0.15, 0.2) is 42.5 Å². The molecule has 0 unspecified atom stereocenters. The number of carbonyl (C=O) groups is 1. The molecule has 1 N–H and O–H groups in total. The van der Waals surface area contributed by atoms with Gasteiger partial charge in [-0.2, -0.15) is 0 Å². The standard InChI is InChI=1S/C16H14NO2/c18-15-10-9-13-7-4-8-14(16(13)17-15)19-11-12-5-2-1-3-6-12/h1-6,8H,9-11H2,(H,17,18). The maximum atomic E-state index is 11.5. The Hall–Kier alpha value is -2.29. The number of ether oxygens (including phenoxy) is 1. The summed E-state index contributed by atoms with van der Waals surface area (Å²) in [5.74, 6) is 0.752. The molecule has 0 fully saturated rings. The summed E-state index contributed by atoms with van der Waals surface area (Å²) in [5, 5.41) is 2.87. The second-order valence-corrected chi connectivity index (χ2v) is 4.52. The smallest absolute Gasteiger partial charge is 0.224 e. The molecule has 1 aliphatic rings. The molecule has 0 saturated carbocycles. The Kier molecular flexibility index (Phi) is 3.19. The molecular weight excluding hydrogens is 238 g/mol. The predicted molar refractivity (Wildman–Crippen MR) is 73.0 cm³/mol. The van der Waals surface area contributed by atoms with Crippen LogP contribution in [0.4, 0.5) is 5.69 Å². The van der Waals surface area contributed by atoms with Gasteiger partial charge < -0.3 is 10.1 Å². The summed E-state index contributed by atoms with van der Waals surface area (Å²) in [6, 6.07) is 16.8. The van der Waals surface area contributed by atoms with Crippen LogP contribution in [0, 0.1) is 6.07 Å². The van der Waals surface area contributed by atoms with Gasteiger partial charge in [0.25, 0.3) is 0 Å². The first-order chi connectivity index (χ1) is 9.33. The molecule has 1 heterocycles. The molecule has 2 aromatic rings. The Morgan fingerprint density at radius 3 is 2.84 bits per heavy atom. The molecule has 2 aromatic carbocycles. The van der Waals surface area contributed by atoms with Gasteiger partial charge in [0, 0.05) is 6.42 Å². The van der Waals surface area contributed by atoms with Crippen LogP contribution >= 0.6 is 0 Å². The van der Waals surface area contributed by atoms with Crippen molar-refractivity contribution in [1.29, 1.82) is 0 Å². The van der Waals surface area contributed by atoms with Gasteiger partial charge in [-0.3, -0.25) is 4.79 Å². The lowest BCUT2D eigenvalue weighted by molar-refractivity contribution is -0.116. The fourth-order valence-corrected chi connectivity index (χ4v) is 2.15. The molecule has 95 valence electrons. The summed E-state index contributed by atoms with van der Waals surface area (Å²) in [6.07, 6.45) is 1.25. The van der Waals surface area contributed by atoms with E-state index in [1.807, 2.05) is 42.5 Å². The lowest BCUT2D eigenvalue weighted by Gasteiger charge is -2.19. The van der Waals surface area contributed by atoms with Crippen LogP contribution in [0.5, 0.6) is 5.75 Å². The van der Waals surface area contributed by atoms with Gasteiger partial charge in [-0.05, 0) is 29.7 Å². The maximum Gasteiger partial charge on any atom is 0.224 e. The second-order valence-electron chi connectivity index (χ2n) is 4.52. The molecule has 0 spiro atoms. The van der Waals surface area contributed by atoms with E-state index in [1.165, 1.54) is 0 Å². The summed E-state index contributed by atoms with van der Waals surface area (Å²) in [7, 11) is 0. The van der Waals surface area contributed by atoms with Gasteiger partial charge in [0.2, 0.25) is 5.91 Å². The maximum absolute atomic E-state index is 11.5. The average Bonchev–Trinajstić information content (AvgIpc) is 2.46. The van der Waals surface area contributed by atoms with E-state index in [1.54, 1.807) is 0 Å². The SMILES string of the molecule is O=C1CCc2[c]ccc(OCc3ccccc3)c2N1. The molecular formula is C16H14NO2. The molecule has 0 atom stereocenters. The van der Waals surface area contributed by atoms with Gasteiger partial charge in [0.05, 0.1) is 5.69 Å². The number of anilines is 1. The van der Waals surface area contributed by atoms with Crippen LogP contribution in [0.25, 0.3) is 0 Å². The third kappa shape index (κ3) is 2.60. The average molecular weight is 252 g/mol. The van der Waals surface area contributed by atoms with Gasteiger partial charge in [0.1, 0.15) is 12.4 Å². The van der Waals surface area contributed by atoms with E-state index < -0.39 is 0 Å². The van der Waals surface area contributed by atoms with Gasteiger partial charge in [-0.25, -0.2) is 0 Å². The minimum absolute atomic E-state index is 0.0386. The lowest BCUT2D eigenvalue weighted by atomic mass is 10.0. The molecule has 1 radical (unpaired) electrons. The van der Waals surface area contributed by atoms with Crippen molar-refractivity contribution in [2.45, 2.75) is 19.4 Å².